The maximum absolute atomic E-state index is 15.0. The van der Waals surface area contributed by atoms with Crippen LogP contribution in [0.5, 0.6) is 0 Å². The van der Waals surface area contributed by atoms with Gasteiger partial charge in [0.2, 0.25) is 5.95 Å². The second kappa shape index (κ2) is 13.5. The van der Waals surface area contributed by atoms with Crippen molar-refractivity contribution >= 4 is 23.5 Å². The van der Waals surface area contributed by atoms with Crippen LogP contribution in [-0.4, -0.2) is 71.2 Å². The summed E-state index contributed by atoms with van der Waals surface area (Å²) >= 11 is 0. The molecule has 11 heteroatoms. The van der Waals surface area contributed by atoms with Gasteiger partial charge >= 0.3 is 6.09 Å². The number of halogens is 2. The molecule has 1 amide bonds. The Bertz CT molecular complexity index is 1170. The lowest BCUT2D eigenvalue weighted by molar-refractivity contribution is -0.134. The summed E-state index contributed by atoms with van der Waals surface area (Å²) in [7, 11) is 3.17. The molecule has 0 aliphatic heterocycles. The number of methoxy groups -OCH3 is 1. The minimum Gasteiger partial charge on any atom is -0.444 e. The van der Waals surface area contributed by atoms with Crippen LogP contribution in [0.15, 0.2) is 30.5 Å². The van der Waals surface area contributed by atoms with Crippen LogP contribution in [0, 0.1) is 23.6 Å². The van der Waals surface area contributed by atoms with Gasteiger partial charge in [-0.15, -0.1) is 9.60 Å². The molecule has 2 N–H and O–H groups in total. The fraction of sp³-hybridized carbons (Fsp3) is 0.536. The van der Waals surface area contributed by atoms with Crippen molar-refractivity contribution in [1.29, 1.82) is 0 Å². The van der Waals surface area contributed by atoms with Crippen LogP contribution in [0.25, 0.3) is 0 Å². The van der Waals surface area contributed by atoms with Crippen molar-refractivity contribution < 1.29 is 23.1 Å². The van der Waals surface area contributed by atoms with Crippen molar-refractivity contribution in [3.05, 3.63) is 41.8 Å². The van der Waals surface area contributed by atoms with E-state index in [0.29, 0.717) is 54.1 Å². The van der Waals surface area contributed by atoms with Crippen molar-refractivity contribution in [3.63, 3.8) is 0 Å². The minimum atomic E-state index is -0.770. The maximum atomic E-state index is 15.0. The third-order valence-electron chi connectivity index (χ3n) is 6.16. The first-order valence-electron chi connectivity index (χ1n) is 13.0. The molecule has 1 aliphatic carbocycles. The number of hydrogen-bond donors (Lipinski definition) is 2. The summed E-state index contributed by atoms with van der Waals surface area (Å²) in [6.07, 6.45) is 2.10. The number of rotatable bonds is 10. The van der Waals surface area contributed by atoms with Gasteiger partial charge in [-0.1, -0.05) is 17.9 Å². The molecule has 9 nitrogen and oxygen atoms in total. The molecule has 0 radical (unpaired) electrons. The number of amides is 1. The molecular weight excluding hydrogens is 506 g/mol. The smallest absolute Gasteiger partial charge is 0.411 e. The number of nitrogens with zero attached hydrogens (tertiary/aromatic N) is 4. The average molecular weight is 545 g/mol. The lowest BCUT2D eigenvalue weighted by Gasteiger charge is -2.40. The number of aromatic nitrogens is 2. The first-order chi connectivity index (χ1) is 18.5. The minimum absolute atomic E-state index is 0.00119. The Morgan fingerprint density at radius 2 is 2.05 bits per heavy atom. The van der Waals surface area contributed by atoms with Gasteiger partial charge in [-0.25, -0.2) is 14.2 Å². The summed E-state index contributed by atoms with van der Waals surface area (Å²) in [5, 5.41) is 6.96. The van der Waals surface area contributed by atoms with Gasteiger partial charge < -0.3 is 20.1 Å². The molecule has 1 aromatic carbocycles. The number of hydrogen-bond acceptors (Lipinski definition) is 8. The van der Waals surface area contributed by atoms with E-state index in [0.717, 1.165) is 6.42 Å². The summed E-state index contributed by atoms with van der Waals surface area (Å²) in [6.45, 7) is 8.15. The van der Waals surface area contributed by atoms with E-state index in [1.54, 1.807) is 53.1 Å². The molecule has 1 atom stereocenters. The highest BCUT2D eigenvalue weighted by molar-refractivity contribution is 5.68. The highest BCUT2D eigenvalue weighted by atomic mass is 19.2. The summed E-state index contributed by atoms with van der Waals surface area (Å²) in [5.41, 5.74) is 0.482. The molecule has 3 rings (SSSR count). The Kier molecular flexibility index (Phi) is 10.4. The van der Waals surface area contributed by atoms with Gasteiger partial charge in [0.05, 0.1) is 11.8 Å². The molecule has 1 saturated carbocycles. The molecule has 1 aromatic heterocycles. The Balaban J connectivity index is 1.63. The summed E-state index contributed by atoms with van der Waals surface area (Å²) < 4.78 is 39.0. The molecule has 0 saturated heterocycles. The number of carbonyl (C=O) groups is 1. The molecule has 0 spiro atoms. The third kappa shape index (κ3) is 9.04. The van der Waals surface area contributed by atoms with E-state index in [4.69, 9.17) is 9.47 Å². The van der Waals surface area contributed by atoms with Crippen LogP contribution in [0.1, 0.15) is 52.5 Å². The molecule has 2 aromatic rings. The Morgan fingerprint density at radius 1 is 1.31 bits per heavy atom. The van der Waals surface area contributed by atoms with Crippen molar-refractivity contribution in [2.75, 3.05) is 37.9 Å². The predicted molar refractivity (Wildman–Crippen MR) is 146 cm³/mol. The number of anilines is 3. The van der Waals surface area contributed by atoms with Gasteiger partial charge in [0, 0.05) is 45.0 Å². The van der Waals surface area contributed by atoms with E-state index in [1.807, 2.05) is 0 Å². The number of ether oxygens (including phenoxy) is 2. The third-order valence-corrected chi connectivity index (χ3v) is 6.16. The first kappa shape index (κ1) is 30.1. The SMILES string of the molecule is COCCCNc1nc(Nc2cccc(F)c2)ncc1C#CC1CC(N(F)[C@H](C)N(C)C(=O)OC(C)(C)C)C1. The van der Waals surface area contributed by atoms with E-state index < -0.39 is 17.9 Å². The van der Waals surface area contributed by atoms with Crippen molar-refractivity contribution in [2.24, 2.45) is 5.92 Å². The lowest BCUT2D eigenvalue weighted by atomic mass is 9.80. The molecular formula is C28H38F2N6O3. The van der Waals surface area contributed by atoms with Crippen molar-refractivity contribution in [3.8, 4) is 11.8 Å². The van der Waals surface area contributed by atoms with Gasteiger partial charge in [-0.3, -0.25) is 4.90 Å². The fourth-order valence-electron chi connectivity index (χ4n) is 3.83. The molecule has 1 heterocycles. The quantitative estimate of drug-likeness (QED) is 0.179. The number of benzene rings is 1. The Hall–Kier alpha value is -3.49. The summed E-state index contributed by atoms with van der Waals surface area (Å²) in [6, 6.07) is 5.70. The predicted octanol–water partition coefficient (Wildman–Crippen LogP) is 5.34. The monoisotopic (exact) mass is 544 g/mol. The maximum Gasteiger partial charge on any atom is 0.411 e. The van der Waals surface area contributed by atoms with Crippen LogP contribution in [-0.2, 0) is 9.47 Å². The zero-order valence-electron chi connectivity index (χ0n) is 23.4. The zero-order chi connectivity index (χ0) is 28.6. The van der Waals surface area contributed by atoms with E-state index in [9.17, 15) is 9.18 Å². The van der Waals surface area contributed by atoms with Crippen LogP contribution in [0.3, 0.4) is 0 Å². The number of nitrogens with one attached hydrogen (secondary N) is 2. The Labute approximate surface area is 229 Å². The highest BCUT2D eigenvalue weighted by Crippen LogP contribution is 2.33. The molecule has 1 fully saturated rings. The molecule has 39 heavy (non-hydrogen) atoms. The fourth-order valence-corrected chi connectivity index (χ4v) is 3.83. The van der Waals surface area contributed by atoms with Gasteiger partial charge in [0.15, 0.2) is 0 Å². The normalized spacial score (nSPS) is 17.5. The second-order valence-corrected chi connectivity index (χ2v) is 10.5. The molecule has 0 bridgehead atoms. The van der Waals surface area contributed by atoms with Crippen LogP contribution in [0.4, 0.5) is 31.1 Å². The average Bonchev–Trinajstić information content (AvgIpc) is 2.84. The zero-order valence-corrected chi connectivity index (χ0v) is 23.4. The number of carbonyl (C=O) groups excluding carboxylic acids is 1. The summed E-state index contributed by atoms with van der Waals surface area (Å²) in [4.78, 5) is 22.4. The van der Waals surface area contributed by atoms with Crippen LogP contribution >= 0.6 is 0 Å². The van der Waals surface area contributed by atoms with Crippen LogP contribution in [0.2, 0.25) is 0 Å². The molecule has 212 valence electrons. The highest BCUT2D eigenvalue weighted by Gasteiger charge is 2.38. The van der Waals surface area contributed by atoms with Crippen molar-refractivity contribution in [2.45, 2.75) is 64.8 Å². The lowest BCUT2D eigenvalue weighted by Crippen LogP contribution is -2.52. The molecule has 1 aliphatic rings. The van der Waals surface area contributed by atoms with Crippen LogP contribution < -0.4 is 10.6 Å². The summed E-state index contributed by atoms with van der Waals surface area (Å²) in [5.74, 6) is 6.81. The van der Waals surface area contributed by atoms with E-state index in [1.165, 1.54) is 24.1 Å². The van der Waals surface area contributed by atoms with Gasteiger partial charge in [0.1, 0.15) is 23.4 Å². The standard InChI is InChI=1S/C28H38F2N6O3/c1-19(35(5)27(37)39-28(2,3)4)36(30)24-15-20(16-24)11-12-21-18-32-26(33-23-10-7-9-22(29)17-23)34-25(21)31-13-8-14-38-6/h7,9-10,17-20,24H,8,13-16H2,1-6H3,(H2,31,32,33,34)/t19-,20?,24?/m1/s1. The van der Waals surface area contributed by atoms with Gasteiger partial charge in [-0.05, 0) is 65.2 Å². The largest absolute Gasteiger partial charge is 0.444 e. The van der Waals surface area contributed by atoms with Gasteiger partial charge in [0.25, 0.3) is 0 Å². The van der Waals surface area contributed by atoms with Crippen molar-refractivity contribution in [1.82, 2.24) is 20.0 Å². The van der Waals surface area contributed by atoms with E-state index in [-0.39, 0.29) is 17.8 Å². The second-order valence-electron chi connectivity index (χ2n) is 10.5. The topological polar surface area (TPSA) is 91.9 Å². The van der Waals surface area contributed by atoms with E-state index in [2.05, 4.69) is 32.4 Å². The van der Waals surface area contributed by atoms with E-state index >= 15 is 4.48 Å². The molecule has 0 unspecified atom stereocenters. The first-order valence-corrected chi connectivity index (χ1v) is 13.0. The Morgan fingerprint density at radius 3 is 2.72 bits per heavy atom. The van der Waals surface area contributed by atoms with Gasteiger partial charge in [-0.2, -0.15) is 4.98 Å².